The number of nitrogens with zero attached hydrogens (tertiary/aromatic N) is 3. The van der Waals surface area contributed by atoms with Gasteiger partial charge in [-0.05, 0) is 66.8 Å². The van der Waals surface area contributed by atoms with Gasteiger partial charge in [-0.2, -0.15) is 0 Å². The summed E-state index contributed by atoms with van der Waals surface area (Å²) in [6.07, 6.45) is 3.76. The number of aromatic nitrogens is 2. The third-order valence-electron chi connectivity index (χ3n) is 6.06. The fraction of sp³-hybridized carbons (Fsp3) is 0.148. The normalized spacial score (nSPS) is 17.2. The van der Waals surface area contributed by atoms with Gasteiger partial charge in [0.1, 0.15) is 11.8 Å². The van der Waals surface area contributed by atoms with Gasteiger partial charge in [-0.3, -0.25) is 4.98 Å². The van der Waals surface area contributed by atoms with E-state index in [4.69, 9.17) is 21.7 Å². The Balaban J connectivity index is 1.65. The van der Waals surface area contributed by atoms with Crippen molar-refractivity contribution in [2.45, 2.75) is 12.1 Å². The van der Waals surface area contributed by atoms with Crippen LogP contribution in [0.5, 0.6) is 5.75 Å². The highest BCUT2D eigenvalue weighted by atomic mass is 32.1. The van der Waals surface area contributed by atoms with Gasteiger partial charge in [0.15, 0.2) is 5.11 Å². The fourth-order valence-corrected chi connectivity index (χ4v) is 4.81. The number of carbonyl (C=O) groups excluding carboxylic acids is 1. The Hall–Kier alpha value is -4.17. The molecule has 0 radical (unpaired) electrons. The Bertz CT molecular complexity index is 1370. The van der Waals surface area contributed by atoms with Gasteiger partial charge in [-0.25, -0.2) is 4.79 Å². The topological polar surface area (TPSA) is 68.6 Å². The van der Waals surface area contributed by atoms with Crippen molar-refractivity contribution < 1.29 is 14.3 Å². The summed E-state index contributed by atoms with van der Waals surface area (Å²) < 4.78 is 12.5. The van der Waals surface area contributed by atoms with Crippen LogP contribution in [0.25, 0.3) is 5.69 Å². The van der Waals surface area contributed by atoms with Crippen molar-refractivity contribution in [2.75, 3.05) is 19.1 Å². The smallest absolute Gasteiger partial charge is 0.337 e. The number of rotatable bonds is 6. The minimum absolute atomic E-state index is 0.202. The second-order valence-corrected chi connectivity index (χ2v) is 8.43. The fourth-order valence-electron chi connectivity index (χ4n) is 4.46. The first-order chi connectivity index (χ1) is 17.1. The monoisotopic (exact) mass is 484 g/mol. The highest BCUT2D eigenvalue weighted by Crippen LogP contribution is 2.42. The number of pyridine rings is 1. The molecule has 2 aromatic heterocycles. The van der Waals surface area contributed by atoms with E-state index >= 15 is 0 Å². The lowest BCUT2D eigenvalue weighted by Gasteiger charge is -2.29. The van der Waals surface area contributed by atoms with E-state index in [1.54, 1.807) is 19.4 Å². The Morgan fingerprint density at radius 3 is 2.57 bits per heavy atom. The Kier molecular flexibility index (Phi) is 6.20. The van der Waals surface area contributed by atoms with Crippen molar-refractivity contribution in [3.63, 3.8) is 0 Å². The van der Waals surface area contributed by atoms with Gasteiger partial charge in [0, 0.05) is 35.5 Å². The maximum atomic E-state index is 12.2. The molecule has 0 aliphatic carbocycles. The molecule has 1 aliphatic rings. The predicted octanol–water partition coefficient (Wildman–Crippen LogP) is 4.84. The van der Waals surface area contributed by atoms with Gasteiger partial charge >= 0.3 is 5.97 Å². The number of nitrogens with one attached hydrogen (secondary N) is 1. The number of esters is 1. The number of hydrogen-bond donors (Lipinski definition) is 1. The summed E-state index contributed by atoms with van der Waals surface area (Å²) in [6, 6.07) is 24.7. The summed E-state index contributed by atoms with van der Waals surface area (Å²) in [5.74, 6) is 0.361. The molecule has 3 heterocycles. The predicted molar refractivity (Wildman–Crippen MR) is 138 cm³/mol. The van der Waals surface area contributed by atoms with Crippen molar-refractivity contribution in [3.8, 4) is 11.4 Å². The van der Waals surface area contributed by atoms with Crippen LogP contribution in [-0.4, -0.2) is 34.9 Å². The van der Waals surface area contributed by atoms with E-state index in [1.807, 2.05) is 72.9 Å². The zero-order valence-electron chi connectivity index (χ0n) is 19.3. The number of hydrogen-bond acceptors (Lipinski definition) is 5. The Labute approximate surface area is 208 Å². The van der Waals surface area contributed by atoms with Crippen LogP contribution in [0.4, 0.5) is 5.69 Å². The van der Waals surface area contributed by atoms with Crippen molar-refractivity contribution in [1.29, 1.82) is 0 Å². The summed E-state index contributed by atoms with van der Waals surface area (Å²) in [4.78, 5) is 18.9. The molecule has 1 saturated heterocycles. The van der Waals surface area contributed by atoms with Gasteiger partial charge in [0.2, 0.25) is 0 Å². The first-order valence-corrected chi connectivity index (χ1v) is 11.5. The second-order valence-electron chi connectivity index (χ2n) is 8.04. The SMILES string of the molecule is COC(=O)c1cccc(-n2cccc2[C@H]2[C@H](c3ccccn3)NC(=S)N2c2cccc(OC)c2)c1. The molecule has 0 spiro atoms. The number of carbonyl (C=O) groups is 1. The lowest BCUT2D eigenvalue weighted by atomic mass is 10.0. The molecule has 0 amide bonds. The maximum absolute atomic E-state index is 12.2. The van der Waals surface area contributed by atoms with E-state index < -0.39 is 0 Å². The minimum Gasteiger partial charge on any atom is -0.497 e. The Morgan fingerprint density at radius 1 is 0.971 bits per heavy atom. The molecule has 7 nitrogen and oxygen atoms in total. The molecule has 1 aliphatic heterocycles. The standard InChI is InChI=1S/C27H24N4O3S/c1-33-21-11-6-10-20(17-21)31-25(24(29-27(31)35)22-12-3-4-14-28-22)23-13-7-15-30(23)19-9-5-8-18(16-19)26(32)34-2/h3-17,24-25H,1-2H3,(H,29,35)/t24-,25-/m0/s1. The first kappa shape index (κ1) is 22.6. The van der Waals surface area contributed by atoms with Crippen LogP contribution in [0, 0.1) is 0 Å². The maximum Gasteiger partial charge on any atom is 0.337 e. The molecule has 0 unspecified atom stereocenters. The first-order valence-electron chi connectivity index (χ1n) is 11.1. The van der Waals surface area contributed by atoms with Crippen LogP contribution in [0.2, 0.25) is 0 Å². The van der Waals surface area contributed by atoms with Crippen molar-refractivity contribution in [3.05, 3.63) is 108 Å². The highest BCUT2D eigenvalue weighted by Gasteiger charge is 2.42. The van der Waals surface area contributed by atoms with E-state index in [2.05, 4.69) is 25.8 Å². The zero-order chi connectivity index (χ0) is 24.4. The zero-order valence-corrected chi connectivity index (χ0v) is 20.1. The molecule has 35 heavy (non-hydrogen) atoms. The van der Waals surface area contributed by atoms with Crippen molar-refractivity contribution in [2.24, 2.45) is 0 Å². The van der Waals surface area contributed by atoms with Crippen LogP contribution < -0.4 is 15.0 Å². The van der Waals surface area contributed by atoms with Crippen LogP contribution in [0.1, 0.15) is 33.8 Å². The van der Waals surface area contributed by atoms with Gasteiger partial charge in [-0.15, -0.1) is 0 Å². The summed E-state index contributed by atoms with van der Waals surface area (Å²) in [5.41, 5.74) is 4.09. The third kappa shape index (κ3) is 4.24. The number of anilines is 1. The van der Waals surface area contributed by atoms with Crippen LogP contribution in [-0.2, 0) is 4.74 Å². The van der Waals surface area contributed by atoms with Gasteiger partial charge in [0.05, 0.1) is 31.5 Å². The highest BCUT2D eigenvalue weighted by molar-refractivity contribution is 7.80. The number of ether oxygens (including phenoxy) is 2. The molecule has 0 bridgehead atoms. The van der Waals surface area contributed by atoms with Gasteiger partial charge in [-0.1, -0.05) is 18.2 Å². The molecule has 8 heteroatoms. The average Bonchev–Trinajstić information content (AvgIpc) is 3.53. The largest absolute Gasteiger partial charge is 0.497 e. The van der Waals surface area contributed by atoms with Crippen LogP contribution >= 0.6 is 12.2 Å². The van der Waals surface area contributed by atoms with E-state index in [0.29, 0.717) is 10.7 Å². The van der Waals surface area contributed by atoms with Gasteiger partial charge < -0.3 is 24.3 Å². The van der Waals surface area contributed by atoms with Crippen molar-refractivity contribution >= 4 is 29.0 Å². The molecule has 176 valence electrons. The Morgan fingerprint density at radius 2 is 1.80 bits per heavy atom. The number of benzene rings is 2. The van der Waals surface area contributed by atoms with E-state index in [-0.39, 0.29) is 18.1 Å². The summed E-state index contributed by atoms with van der Waals surface area (Å²) in [5, 5.41) is 4.07. The molecular weight excluding hydrogens is 460 g/mol. The average molecular weight is 485 g/mol. The minimum atomic E-state index is -0.381. The lowest BCUT2D eigenvalue weighted by molar-refractivity contribution is 0.0600. The number of thiocarbonyl (C=S) groups is 1. The molecular formula is C27H24N4O3S. The molecule has 2 atom stereocenters. The molecule has 1 N–H and O–H groups in total. The van der Waals surface area contributed by atoms with Crippen LogP contribution in [0.3, 0.4) is 0 Å². The lowest BCUT2D eigenvalue weighted by Crippen LogP contribution is -2.30. The molecule has 4 aromatic rings. The quantitative estimate of drug-likeness (QED) is 0.310. The van der Waals surface area contributed by atoms with Crippen LogP contribution in [0.15, 0.2) is 91.3 Å². The molecule has 1 fully saturated rings. The summed E-state index contributed by atoms with van der Waals surface area (Å²) in [6.45, 7) is 0. The second kappa shape index (κ2) is 9.60. The van der Waals surface area contributed by atoms with Crippen molar-refractivity contribution in [1.82, 2.24) is 14.9 Å². The summed E-state index contributed by atoms with van der Waals surface area (Å²) >= 11 is 5.84. The summed E-state index contributed by atoms with van der Waals surface area (Å²) in [7, 11) is 3.03. The third-order valence-corrected chi connectivity index (χ3v) is 6.37. The molecule has 0 saturated carbocycles. The van der Waals surface area contributed by atoms with Gasteiger partial charge in [0.25, 0.3) is 0 Å². The van der Waals surface area contributed by atoms with E-state index in [0.717, 1.165) is 28.5 Å². The molecule has 5 rings (SSSR count). The number of methoxy groups -OCH3 is 2. The van der Waals surface area contributed by atoms with E-state index in [9.17, 15) is 4.79 Å². The van der Waals surface area contributed by atoms with E-state index in [1.165, 1.54) is 7.11 Å². The molecule has 2 aromatic carbocycles.